The highest BCUT2D eigenvalue weighted by Gasteiger charge is 2.36. The maximum atomic E-state index is 10.2. The van der Waals surface area contributed by atoms with Crippen molar-refractivity contribution in [1.29, 1.82) is 0 Å². The second kappa shape index (κ2) is 6.37. The third-order valence-electron chi connectivity index (χ3n) is 5.04. The van der Waals surface area contributed by atoms with Crippen LogP contribution in [0.1, 0.15) is 48.7 Å². The fourth-order valence-electron chi connectivity index (χ4n) is 3.55. The van der Waals surface area contributed by atoms with Crippen molar-refractivity contribution in [2.24, 2.45) is 0 Å². The quantitative estimate of drug-likeness (QED) is 0.875. The van der Waals surface area contributed by atoms with E-state index in [9.17, 15) is 10.2 Å². The molecule has 6 heteroatoms. The molecule has 4 unspecified atom stereocenters. The molecule has 0 bridgehead atoms. The van der Waals surface area contributed by atoms with Gasteiger partial charge in [-0.25, -0.2) is 0 Å². The Labute approximate surface area is 151 Å². The van der Waals surface area contributed by atoms with E-state index in [1.54, 1.807) is 20.1 Å². The lowest BCUT2D eigenvalue weighted by Gasteiger charge is -2.17. The van der Waals surface area contributed by atoms with Crippen LogP contribution in [0.5, 0.6) is 23.0 Å². The molecular weight excluding hydrogens is 336 g/mol. The highest BCUT2D eigenvalue weighted by Crippen LogP contribution is 2.52. The van der Waals surface area contributed by atoms with Crippen LogP contribution in [0.15, 0.2) is 30.3 Å². The number of aliphatic hydroxyl groups excluding tert-OH is 2. The highest BCUT2D eigenvalue weighted by atomic mass is 16.7. The number of methoxy groups -OCH3 is 1. The Morgan fingerprint density at radius 2 is 1.88 bits per heavy atom. The first-order valence-electron chi connectivity index (χ1n) is 8.63. The van der Waals surface area contributed by atoms with E-state index in [2.05, 4.69) is 6.92 Å². The molecule has 0 amide bonds. The second-order valence-corrected chi connectivity index (χ2v) is 6.77. The standard InChI is InChI=1S/C20H22O6/c1-10-14-6-13(18(22)11(2)21)8-17(23-3)20(14)26-19(10)12-4-5-15-16(7-12)25-9-24-15/h4-8,10-11,18-19,21-22H,9H2,1-3H3. The van der Waals surface area contributed by atoms with Gasteiger partial charge in [0.1, 0.15) is 12.2 Å². The lowest BCUT2D eigenvalue weighted by molar-refractivity contribution is 0.0304. The van der Waals surface area contributed by atoms with Gasteiger partial charge in [-0.05, 0) is 42.3 Å². The number of hydrogen-bond donors (Lipinski definition) is 2. The SMILES string of the molecule is COc1cc(C(O)C(C)O)cc2c1OC(c1ccc3c(c1)OCO3)C2C. The molecule has 4 rings (SSSR count). The van der Waals surface area contributed by atoms with Crippen LogP contribution in [0.4, 0.5) is 0 Å². The topological polar surface area (TPSA) is 77.4 Å². The Morgan fingerprint density at radius 1 is 1.12 bits per heavy atom. The zero-order valence-electron chi connectivity index (χ0n) is 14.9. The summed E-state index contributed by atoms with van der Waals surface area (Å²) in [6, 6.07) is 9.39. The van der Waals surface area contributed by atoms with E-state index in [-0.39, 0.29) is 18.8 Å². The normalized spacial score (nSPS) is 22.5. The van der Waals surface area contributed by atoms with Crippen molar-refractivity contribution in [1.82, 2.24) is 0 Å². The Hall–Kier alpha value is -2.44. The van der Waals surface area contributed by atoms with Gasteiger partial charge >= 0.3 is 0 Å². The monoisotopic (exact) mass is 358 g/mol. The van der Waals surface area contributed by atoms with E-state index in [1.165, 1.54) is 0 Å². The van der Waals surface area contributed by atoms with Crippen LogP contribution < -0.4 is 18.9 Å². The molecule has 0 spiro atoms. The number of ether oxygens (including phenoxy) is 4. The molecule has 0 radical (unpaired) electrons. The molecule has 4 atom stereocenters. The molecule has 0 fully saturated rings. The molecule has 26 heavy (non-hydrogen) atoms. The average molecular weight is 358 g/mol. The summed E-state index contributed by atoms with van der Waals surface area (Å²) in [5.41, 5.74) is 2.54. The predicted molar refractivity (Wildman–Crippen MR) is 94.0 cm³/mol. The van der Waals surface area contributed by atoms with Gasteiger partial charge in [0, 0.05) is 11.5 Å². The highest BCUT2D eigenvalue weighted by molar-refractivity contribution is 5.56. The maximum absolute atomic E-state index is 10.2. The third kappa shape index (κ3) is 2.66. The Kier molecular flexibility index (Phi) is 4.17. The fraction of sp³-hybridized carbons (Fsp3) is 0.400. The molecule has 2 heterocycles. The predicted octanol–water partition coefficient (Wildman–Crippen LogP) is 3.08. The zero-order valence-corrected chi connectivity index (χ0v) is 14.9. The molecule has 138 valence electrons. The van der Waals surface area contributed by atoms with Crippen molar-refractivity contribution in [2.45, 2.75) is 38.1 Å². The molecule has 0 aliphatic carbocycles. The van der Waals surface area contributed by atoms with Crippen molar-refractivity contribution < 1.29 is 29.2 Å². The lowest BCUT2D eigenvalue weighted by Crippen LogP contribution is -2.14. The van der Waals surface area contributed by atoms with Crippen molar-refractivity contribution in [3.8, 4) is 23.0 Å². The summed E-state index contributed by atoms with van der Waals surface area (Å²) in [5, 5.41) is 20.0. The first-order valence-corrected chi connectivity index (χ1v) is 8.63. The van der Waals surface area contributed by atoms with Crippen LogP contribution in [0, 0.1) is 0 Å². The summed E-state index contributed by atoms with van der Waals surface area (Å²) in [6.07, 6.45) is -2.06. The molecule has 2 aromatic carbocycles. The first-order chi connectivity index (χ1) is 12.5. The Balaban J connectivity index is 1.71. The average Bonchev–Trinajstić information content (AvgIpc) is 3.24. The summed E-state index contributed by atoms with van der Waals surface area (Å²) in [7, 11) is 1.57. The molecule has 0 saturated heterocycles. The molecule has 0 saturated carbocycles. The number of fused-ring (bicyclic) bond motifs is 2. The number of benzene rings is 2. The van der Waals surface area contributed by atoms with Gasteiger partial charge in [-0.15, -0.1) is 0 Å². The van der Waals surface area contributed by atoms with Crippen LogP contribution in [0.3, 0.4) is 0 Å². The Morgan fingerprint density at radius 3 is 2.62 bits per heavy atom. The van der Waals surface area contributed by atoms with E-state index in [0.29, 0.717) is 22.8 Å². The summed E-state index contributed by atoms with van der Waals surface area (Å²) in [6.45, 7) is 3.85. The molecule has 2 aliphatic rings. The van der Waals surface area contributed by atoms with Crippen molar-refractivity contribution in [3.05, 3.63) is 47.0 Å². The summed E-state index contributed by atoms with van der Waals surface area (Å²) < 4.78 is 22.5. The lowest BCUT2D eigenvalue weighted by atomic mass is 9.90. The molecule has 0 aromatic heterocycles. The first kappa shape index (κ1) is 17.0. The number of hydrogen-bond acceptors (Lipinski definition) is 6. The van der Waals surface area contributed by atoms with Gasteiger partial charge in [0.15, 0.2) is 23.0 Å². The van der Waals surface area contributed by atoms with Crippen molar-refractivity contribution in [2.75, 3.05) is 13.9 Å². The van der Waals surface area contributed by atoms with E-state index in [0.717, 1.165) is 16.9 Å². The smallest absolute Gasteiger partial charge is 0.231 e. The Bertz CT molecular complexity index is 831. The van der Waals surface area contributed by atoms with E-state index in [4.69, 9.17) is 18.9 Å². The molecule has 2 N–H and O–H groups in total. The van der Waals surface area contributed by atoms with Crippen LogP contribution in [0.2, 0.25) is 0 Å². The van der Waals surface area contributed by atoms with Crippen LogP contribution >= 0.6 is 0 Å². The van der Waals surface area contributed by atoms with Gasteiger partial charge in [-0.2, -0.15) is 0 Å². The van der Waals surface area contributed by atoms with E-state index >= 15 is 0 Å². The minimum Gasteiger partial charge on any atom is -0.493 e. The van der Waals surface area contributed by atoms with E-state index in [1.807, 2.05) is 24.3 Å². The molecule has 2 aromatic rings. The molecule has 6 nitrogen and oxygen atoms in total. The van der Waals surface area contributed by atoms with Crippen LogP contribution in [0.25, 0.3) is 0 Å². The molecular formula is C20H22O6. The minimum absolute atomic E-state index is 0.0421. The number of aliphatic hydroxyl groups is 2. The fourth-order valence-corrected chi connectivity index (χ4v) is 3.55. The summed E-state index contributed by atoms with van der Waals surface area (Å²) >= 11 is 0. The van der Waals surface area contributed by atoms with Gasteiger partial charge in [-0.3, -0.25) is 0 Å². The number of rotatable bonds is 4. The van der Waals surface area contributed by atoms with Gasteiger partial charge < -0.3 is 29.2 Å². The largest absolute Gasteiger partial charge is 0.493 e. The zero-order chi connectivity index (χ0) is 18.4. The van der Waals surface area contributed by atoms with Gasteiger partial charge in [0.05, 0.1) is 13.2 Å². The van der Waals surface area contributed by atoms with Crippen LogP contribution in [-0.4, -0.2) is 30.2 Å². The van der Waals surface area contributed by atoms with Gasteiger partial charge in [0.25, 0.3) is 0 Å². The van der Waals surface area contributed by atoms with Gasteiger partial charge in [0.2, 0.25) is 6.79 Å². The molecule has 2 aliphatic heterocycles. The van der Waals surface area contributed by atoms with Crippen molar-refractivity contribution in [3.63, 3.8) is 0 Å². The minimum atomic E-state index is -0.981. The van der Waals surface area contributed by atoms with Crippen LogP contribution in [-0.2, 0) is 0 Å². The summed E-state index contributed by atoms with van der Waals surface area (Å²) in [4.78, 5) is 0. The second-order valence-electron chi connectivity index (χ2n) is 6.77. The van der Waals surface area contributed by atoms with Gasteiger partial charge in [-0.1, -0.05) is 13.0 Å². The third-order valence-corrected chi connectivity index (χ3v) is 5.04. The maximum Gasteiger partial charge on any atom is 0.231 e. The van der Waals surface area contributed by atoms with Crippen molar-refractivity contribution >= 4 is 0 Å². The summed E-state index contributed by atoms with van der Waals surface area (Å²) in [5.74, 6) is 2.71. The van der Waals surface area contributed by atoms with E-state index < -0.39 is 12.2 Å².